The second-order valence-corrected chi connectivity index (χ2v) is 9.20. The monoisotopic (exact) mass is 325 g/mol. The molecule has 0 nitrogen and oxygen atoms in total. The van der Waals surface area contributed by atoms with Gasteiger partial charge in [-0.15, -0.1) is 0 Å². The van der Waals surface area contributed by atoms with Gasteiger partial charge in [0.15, 0.2) is 0 Å². The Morgan fingerprint density at radius 2 is 0.810 bits per heavy atom. The molecule has 2 aliphatic carbocycles. The van der Waals surface area contributed by atoms with Gasteiger partial charge in [-0.1, -0.05) is 0 Å². The maximum atomic E-state index is 2.40. The molecule has 0 radical (unpaired) electrons. The SMILES string of the molecule is CC1=C(C)C(C)(C)[C]([Mn][C]2=C(C)C(C)=C(C)C2(C)C)=C1C. The van der Waals surface area contributed by atoms with Crippen LogP contribution in [0.2, 0.25) is 0 Å². The van der Waals surface area contributed by atoms with Crippen LogP contribution in [0.3, 0.4) is 0 Å². The average molecular weight is 325 g/mol. The van der Waals surface area contributed by atoms with Crippen LogP contribution in [-0.2, 0) is 15.0 Å². The van der Waals surface area contributed by atoms with Gasteiger partial charge in [-0.3, -0.25) is 0 Å². The van der Waals surface area contributed by atoms with Crippen molar-refractivity contribution in [3.8, 4) is 0 Å². The molecule has 2 rings (SSSR count). The number of hydrogen-bond donors (Lipinski definition) is 0. The van der Waals surface area contributed by atoms with E-state index in [9.17, 15) is 0 Å². The Balaban J connectivity index is 2.47. The molecule has 21 heavy (non-hydrogen) atoms. The van der Waals surface area contributed by atoms with Crippen molar-refractivity contribution in [1.29, 1.82) is 0 Å². The summed E-state index contributed by atoms with van der Waals surface area (Å²) in [5.74, 6) is 0. The van der Waals surface area contributed by atoms with E-state index >= 15 is 0 Å². The fourth-order valence-electron chi connectivity index (χ4n) is 3.57. The van der Waals surface area contributed by atoms with Crippen LogP contribution < -0.4 is 0 Å². The van der Waals surface area contributed by atoms with Crippen molar-refractivity contribution in [3.63, 3.8) is 0 Å². The molecular weight excluding hydrogens is 295 g/mol. The average Bonchev–Trinajstić information content (AvgIpc) is 2.63. The van der Waals surface area contributed by atoms with Gasteiger partial charge in [-0.2, -0.15) is 0 Å². The zero-order chi connectivity index (χ0) is 16.3. The molecule has 0 fully saturated rings. The van der Waals surface area contributed by atoms with Crippen LogP contribution >= 0.6 is 0 Å². The Labute approximate surface area is 137 Å². The van der Waals surface area contributed by atoms with Crippen molar-refractivity contribution in [2.45, 2.75) is 69.2 Å². The van der Waals surface area contributed by atoms with Gasteiger partial charge in [-0.05, 0) is 0 Å². The standard InChI is InChI=1S/2C10H15.Mn/c2*1-7-6-10(4,5)9(3)8(7)2;/h2*1-5H3;. The van der Waals surface area contributed by atoms with Gasteiger partial charge >= 0.3 is 137 Å². The summed E-state index contributed by atoms with van der Waals surface area (Å²) in [4.78, 5) is 0. The number of allylic oxidation sites excluding steroid dienone is 8. The van der Waals surface area contributed by atoms with E-state index in [4.69, 9.17) is 0 Å². The van der Waals surface area contributed by atoms with E-state index in [0.717, 1.165) is 15.0 Å². The molecule has 117 valence electrons. The second kappa shape index (κ2) is 5.00. The van der Waals surface area contributed by atoms with E-state index in [-0.39, 0.29) is 10.8 Å². The molecule has 0 aromatic rings. The fraction of sp³-hybridized carbons (Fsp3) is 0.600. The summed E-state index contributed by atoms with van der Waals surface area (Å²) in [6, 6.07) is 0. The predicted molar refractivity (Wildman–Crippen MR) is 89.7 cm³/mol. The Bertz CT molecular complexity index is 575. The first-order valence-electron chi connectivity index (χ1n) is 7.88. The molecule has 0 aliphatic heterocycles. The van der Waals surface area contributed by atoms with Gasteiger partial charge in [-0.25, -0.2) is 0 Å². The molecular formula is C20H30Mn. The fourth-order valence-corrected chi connectivity index (χ4v) is 5.93. The zero-order valence-corrected chi connectivity index (χ0v) is 16.6. The molecule has 0 aromatic heterocycles. The number of hydrogen-bond acceptors (Lipinski definition) is 0. The van der Waals surface area contributed by atoms with E-state index in [0.29, 0.717) is 0 Å². The normalized spacial score (nSPS) is 24.9. The van der Waals surface area contributed by atoms with Crippen LogP contribution in [0, 0.1) is 10.8 Å². The van der Waals surface area contributed by atoms with Gasteiger partial charge in [0.25, 0.3) is 0 Å². The van der Waals surface area contributed by atoms with Crippen LogP contribution in [0.4, 0.5) is 0 Å². The van der Waals surface area contributed by atoms with E-state index in [1.807, 2.05) is 0 Å². The van der Waals surface area contributed by atoms with E-state index in [2.05, 4.69) is 69.2 Å². The molecule has 0 unspecified atom stereocenters. The molecule has 0 saturated carbocycles. The minimum atomic E-state index is 0.224. The third-order valence-corrected chi connectivity index (χ3v) is 9.02. The molecule has 0 amide bonds. The number of rotatable bonds is 2. The Kier molecular flexibility index (Phi) is 4.01. The van der Waals surface area contributed by atoms with Crippen molar-refractivity contribution in [2.75, 3.05) is 0 Å². The summed E-state index contributed by atoms with van der Waals surface area (Å²) in [5.41, 5.74) is 9.66. The predicted octanol–water partition coefficient (Wildman–Crippen LogP) is 6.37. The Hall–Kier alpha value is -0.521. The van der Waals surface area contributed by atoms with E-state index < -0.39 is 0 Å². The Morgan fingerprint density at radius 3 is 1.00 bits per heavy atom. The molecule has 0 spiro atoms. The van der Waals surface area contributed by atoms with Crippen molar-refractivity contribution < 1.29 is 15.0 Å². The van der Waals surface area contributed by atoms with E-state index in [1.54, 1.807) is 20.1 Å². The first-order valence-corrected chi connectivity index (χ1v) is 9.06. The summed E-state index contributed by atoms with van der Waals surface area (Å²) >= 11 is 0.785. The molecule has 0 bridgehead atoms. The van der Waals surface area contributed by atoms with Crippen molar-refractivity contribution in [2.24, 2.45) is 10.8 Å². The molecule has 0 aromatic carbocycles. The van der Waals surface area contributed by atoms with Crippen LogP contribution in [0.1, 0.15) is 69.2 Å². The molecule has 0 saturated heterocycles. The van der Waals surface area contributed by atoms with Crippen molar-refractivity contribution >= 4 is 0 Å². The molecule has 0 N–H and O–H groups in total. The zero-order valence-electron chi connectivity index (χ0n) is 15.4. The molecule has 0 heterocycles. The van der Waals surface area contributed by atoms with Crippen LogP contribution in [0.25, 0.3) is 0 Å². The van der Waals surface area contributed by atoms with Crippen molar-refractivity contribution in [3.05, 3.63) is 42.4 Å². The summed E-state index contributed by atoms with van der Waals surface area (Å²) < 4.78 is 3.32. The van der Waals surface area contributed by atoms with Crippen molar-refractivity contribution in [1.82, 2.24) is 0 Å². The van der Waals surface area contributed by atoms with Crippen LogP contribution in [-0.4, -0.2) is 0 Å². The first-order chi connectivity index (χ1) is 9.44. The summed E-state index contributed by atoms with van der Waals surface area (Å²) in [6.07, 6.45) is 0. The summed E-state index contributed by atoms with van der Waals surface area (Å²) in [7, 11) is 0. The van der Waals surface area contributed by atoms with Gasteiger partial charge in [0.05, 0.1) is 0 Å². The van der Waals surface area contributed by atoms with Gasteiger partial charge in [0, 0.05) is 0 Å². The molecule has 2 aliphatic rings. The topological polar surface area (TPSA) is 0 Å². The van der Waals surface area contributed by atoms with Gasteiger partial charge in [0.2, 0.25) is 0 Å². The minimum absolute atomic E-state index is 0.224. The van der Waals surface area contributed by atoms with Gasteiger partial charge in [0.1, 0.15) is 0 Å². The van der Waals surface area contributed by atoms with Gasteiger partial charge < -0.3 is 0 Å². The quantitative estimate of drug-likeness (QED) is 0.517. The summed E-state index contributed by atoms with van der Waals surface area (Å²) in [6.45, 7) is 23.4. The molecule has 0 atom stereocenters. The van der Waals surface area contributed by atoms with Crippen LogP contribution in [0.15, 0.2) is 42.4 Å². The third kappa shape index (κ3) is 2.25. The third-order valence-electron chi connectivity index (χ3n) is 6.07. The van der Waals surface area contributed by atoms with E-state index in [1.165, 1.54) is 22.3 Å². The van der Waals surface area contributed by atoms with Crippen LogP contribution in [0.5, 0.6) is 0 Å². The maximum absolute atomic E-state index is 2.40. The first kappa shape index (κ1) is 16.8. The molecule has 1 heteroatoms. The Morgan fingerprint density at radius 1 is 0.524 bits per heavy atom. The second-order valence-electron chi connectivity index (χ2n) is 7.72. The summed E-state index contributed by atoms with van der Waals surface area (Å²) in [5, 5.41) is 0.